The largest absolute Gasteiger partial charge is 0.351 e. The molecule has 4 nitrogen and oxygen atoms in total. The summed E-state index contributed by atoms with van der Waals surface area (Å²) in [5.74, 6) is -0.188. The van der Waals surface area contributed by atoms with Crippen molar-refractivity contribution in [2.24, 2.45) is 11.1 Å². The summed E-state index contributed by atoms with van der Waals surface area (Å²) in [6.07, 6.45) is 4.42. The predicted octanol–water partition coefficient (Wildman–Crippen LogP) is 4.95. The van der Waals surface area contributed by atoms with E-state index >= 15 is 0 Å². The first-order chi connectivity index (χ1) is 14.5. The predicted molar refractivity (Wildman–Crippen MR) is 111 cm³/mol. The van der Waals surface area contributed by atoms with Gasteiger partial charge in [-0.15, -0.1) is 0 Å². The van der Waals surface area contributed by atoms with Gasteiger partial charge in [0.1, 0.15) is 11.6 Å². The molecule has 3 aromatic rings. The van der Waals surface area contributed by atoms with Crippen molar-refractivity contribution in [3.63, 3.8) is 0 Å². The number of pyridine rings is 1. The average molecular weight is 407 g/mol. The first-order valence-electron chi connectivity index (χ1n) is 10.3. The van der Waals surface area contributed by atoms with Crippen molar-refractivity contribution in [3.8, 4) is 0 Å². The van der Waals surface area contributed by atoms with Gasteiger partial charge >= 0.3 is 6.03 Å². The van der Waals surface area contributed by atoms with Crippen LogP contribution in [0, 0.1) is 17.0 Å². The molecule has 1 aliphatic heterocycles. The second kappa shape index (κ2) is 7.04. The minimum Gasteiger partial charge on any atom is -0.351 e. The lowest BCUT2D eigenvalue weighted by atomic mass is 9.47. The molecule has 1 aromatic heterocycles. The van der Waals surface area contributed by atoms with Crippen LogP contribution in [0.15, 0.2) is 54.7 Å². The fourth-order valence-corrected chi connectivity index (χ4v) is 5.65. The Morgan fingerprint density at radius 3 is 2.43 bits per heavy atom. The molecule has 154 valence electrons. The monoisotopic (exact) mass is 407 g/mol. The van der Waals surface area contributed by atoms with Gasteiger partial charge in [0.2, 0.25) is 0 Å². The minimum atomic E-state index is -0.380. The first-order valence-corrected chi connectivity index (χ1v) is 10.3. The zero-order chi connectivity index (χ0) is 20.9. The number of aromatic nitrogens is 1. The Labute approximate surface area is 173 Å². The molecule has 2 fully saturated rings. The fourth-order valence-electron chi connectivity index (χ4n) is 5.65. The van der Waals surface area contributed by atoms with Gasteiger partial charge in [-0.1, -0.05) is 12.1 Å². The summed E-state index contributed by atoms with van der Waals surface area (Å²) in [7, 11) is 0. The average Bonchev–Trinajstić information content (AvgIpc) is 2.73. The Morgan fingerprint density at radius 1 is 1.03 bits per heavy atom. The number of urea groups is 1. The maximum absolute atomic E-state index is 14.0. The van der Waals surface area contributed by atoms with E-state index in [1.807, 2.05) is 18.2 Å². The number of halogens is 2. The van der Waals surface area contributed by atoms with E-state index in [1.165, 1.54) is 18.2 Å². The lowest BCUT2D eigenvalue weighted by Crippen LogP contribution is -2.53. The Morgan fingerprint density at radius 2 is 1.73 bits per heavy atom. The quantitative estimate of drug-likeness (QED) is 0.654. The minimum absolute atomic E-state index is 0.0252. The maximum atomic E-state index is 14.0. The van der Waals surface area contributed by atoms with Crippen LogP contribution in [-0.2, 0) is 0 Å². The highest BCUT2D eigenvalue weighted by atomic mass is 19.1. The lowest BCUT2D eigenvalue weighted by molar-refractivity contribution is -0.00189. The molecule has 0 radical (unpaired) electrons. The summed E-state index contributed by atoms with van der Waals surface area (Å²) in [6.45, 7) is 1.26. The second-order valence-corrected chi connectivity index (χ2v) is 8.59. The molecule has 2 amide bonds. The third kappa shape index (κ3) is 3.02. The summed E-state index contributed by atoms with van der Waals surface area (Å²) >= 11 is 0. The smallest absolute Gasteiger partial charge is 0.314 e. The van der Waals surface area contributed by atoms with Gasteiger partial charge in [0.15, 0.2) is 0 Å². The number of benzene rings is 2. The van der Waals surface area contributed by atoms with Crippen LogP contribution in [0.4, 0.5) is 13.6 Å². The highest BCUT2D eigenvalue weighted by molar-refractivity contribution is 5.83. The Bertz CT molecular complexity index is 1110. The summed E-state index contributed by atoms with van der Waals surface area (Å²) in [5.41, 5.74) is 8.44. The number of fused-ring (bicyclic) bond motifs is 1. The molecule has 1 saturated heterocycles. The number of piperidine rings is 1. The number of amides is 2. The molecular formula is C24H23F2N3O. The standard InChI is InChI=1S/C24H23F2N3O/c25-16-3-1-15(2-4-16)22-20(14-24(22)8-11-29(12-9-24)23(27)30)18-7-10-28-21-6-5-17(26)13-19(18)21/h1-7,10,13,20,22H,8-9,11-12,14H2,(H2,27,30). The fraction of sp³-hybridized carbons (Fsp3) is 0.333. The third-order valence-corrected chi connectivity index (χ3v) is 7.13. The van der Waals surface area contributed by atoms with Crippen LogP contribution in [0.5, 0.6) is 0 Å². The molecule has 2 unspecified atom stereocenters. The van der Waals surface area contributed by atoms with Gasteiger partial charge in [-0.05, 0) is 84.0 Å². The van der Waals surface area contributed by atoms with Crippen LogP contribution in [0.2, 0.25) is 0 Å². The van der Waals surface area contributed by atoms with Gasteiger partial charge in [0.05, 0.1) is 5.52 Å². The molecule has 2 atom stereocenters. The molecule has 1 aliphatic carbocycles. The SMILES string of the molecule is NC(=O)N1CCC2(CC1)CC(c1ccnc3ccc(F)cc13)C2c1ccc(F)cc1. The number of hydrogen-bond acceptors (Lipinski definition) is 2. The van der Waals surface area contributed by atoms with Crippen molar-refractivity contribution in [1.29, 1.82) is 0 Å². The van der Waals surface area contributed by atoms with Crippen LogP contribution in [0.3, 0.4) is 0 Å². The van der Waals surface area contributed by atoms with Crippen molar-refractivity contribution in [2.75, 3.05) is 13.1 Å². The van der Waals surface area contributed by atoms with E-state index in [2.05, 4.69) is 4.98 Å². The normalized spacial score (nSPS) is 22.8. The van der Waals surface area contributed by atoms with Gasteiger partial charge < -0.3 is 10.6 Å². The molecule has 2 N–H and O–H groups in total. The molecule has 1 saturated carbocycles. The molecule has 2 aliphatic rings. The first kappa shape index (κ1) is 19.0. The number of nitrogens with zero attached hydrogens (tertiary/aromatic N) is 2. The molecule has 1 spiro atoms. The number of carbonyl (C=O) groups is 1. The van der Waals surface area contributed by atoms with Crippen molar-refractivity contribution in [1.82, 2.24) is 9.88 Å². The van der Waals surface area contributed by atoms with Crippen molar-refractivity contribution in [3.05, 3.63) is 77.5 Å². The van der Waals surface area contributed by atoms with Gasteiger partial charge in [-0.2, -0.15) is 0 Å². The van der Waals surface area contributed by atoms with Crippen LogP contribution in [0.1, 0.15) is 42.2 Å². The Kier molecular flexibility index (Phi) is 4.45. The van der Waals surface area contributed by atoms with E-state index in [1.54, 1.807) is 23.2 Å². The van der Waals surface area contributed by atoms with Gasteiger partial charge in [0.25, 0.3) is 0 Å². The topological polar surface area (TPSA) is 59.2 Å². The highest BCUT2D eigenvalue weighted by Crippen LogP contribution is 2.66. The zero-order valence-electron chi connectivity index (χ0n) is 16.5. The molecular weight excluding hydrogens is 384 g/mol. The van der Waals surface area contributed by atoms with E-state index in [0.717, 1.165) is 41.3 Å². The summed E-state index contributed by atoms with van der Waals surface area (Å²) in [4.78, 5) is 17.7. The number of primary amides is 1. The van der Waals surface area contributed by atoms with Crippen LogP contribution < -0.4 is 5.73 Å². The number of hydrogen-bond donors (Lipinski definition) is 1. The second-order valence-electron chi connectivity index (χ2n) is 8.59. The van der Waals surface area contributed by atoms with Crippen LogP contribution in [-0.4, -0.2) is 29.0 Å². The maximum Gasteiger partial charge on any atom is 0.314 e. The van der Waals surface area contributed by atoms with E-state index in [0.29, 0.717) is 13.1 Å². The van der Waals surface area contributed by atoms with Gasteiger partial charge in [-0.3, -0.25) is 4.98 Å². The number of rotatable bonds is 2. The summed E-state index contributed by atoms with van der Waals surface area (Å²) < 4.78 is 27.6. The molecule has 2 aromatic carbocycles. The van der Waals surface area contributed by atoms with Crippen molar-refractivity contribution >= 4 is 16.9 Å². The molecule has 30 heavy (non-hydrogen) atoms. The van der Waals surface area contributed by atoms with E-state index in [4.69, 9.17) is 5.73 Å². The Balaban J connectivity index is 1.56. The van der Waals surface area contributed by atoms with Gasteiger partial charge in [-0.25, -0.2) is 13.6 Å². The summed E-state index contributed by atoms with van der Waals surface area (Å²) in [6, 6.07) is 13.0. The number of likely N-dealkylation sites (tertiary alicyclic amines) is 1. The number of nitrogens with two attached hydrogens (primary N) is 1. The van der Waals surface area contributed by atoms with E-state index in [-0.39, 0.29) is 34.9 Å². The van der Waals surface area contributed by atoms with Gasteiger partial charge in [0, 0.05) is 24.7 Å². The van der Waals surface area contributed by atoms with Crippen LogP contribution >= 0.6 is 0 Å². The molecule has 5 rings (SSSR count). The third-order valence-electron chi connectivity index (χ3n) is 7.13. The zero-order valence-corrected chi connectivity index (χ0v) is 16.5. The van der Waals surface area contributed by atoms with Crippen LogP contribution in [0.25, 0.3) is 10.9 Å². The Hall–Kier alpha value is -3.02. The van der Waals surface area contributed by atoms with E-state index in [9.17, 15) is 13.6 Å². The van der Waals surface area contributed by atoms with Crippen molar-refractivity contribution in [2.45, 2.75) is 31.1 Å². The summed E-state index contributed by atoms with van der Waals surface area (Å²) in [5, 5.41) is 0.832. The number of carbonyl (C=O) groups excluding carboxylic acids is 1. The lowest BCUT2D eigenvalue weighted by Gasteiger charge is -2.59. The highest BCUT2D eigenvalue weighted by Gasteiger charge is 2.55. The molecule has 0 bridgehead atoms. The van der Waals surface area contributed by atoms with Crippen molar-refractivity contribution < 1.29 is 13.6 Å². The van der Waals surface area contributed by atoms with E-state index < -0.39 is 0 Å². The molecule has 2 heterocycles. The molecule has 6 heteroatoms.